The molecule has 0 radical (unpaired) electrons. The Bertz CT molecular complexity index is 735. The number of hydrogen-bond acceptors (Lipinski definition) is 4. The maximum absolute atomic E-state index is 12.6. The fourth-order valence-electron chi connectivity index (χ4n) is 2.30. The zero-order chi connectivity index (χ0) is 13.6. The minimum atomic E-state index is -3.43. The van der Waals surface area contributed by atoms with Gasteiger partial charge in [-0.1, -0.05) is 0 Å². The van der Waals surface area contributed by atoms with Gasteiger partial charge < -0.3 is 5.73 Å². The van der Waals surface area contributed by atoms with Gasteiger partial charge in [0, 0.05) is 17.1 Å². The van der Waals surface area contributed by atoms with Crippen molar-refractivity contribution < 1.29 is 8.42 Å². The van der Waals surface area contributed by atoms with Crippen molar-refractivity contribution in [1.82, 2.24) is 0 Å². The predicted octanol–water partition coefficient (Wildman–Crippen LogP) is 2.39. The number of rotatable bonds is 2. The van der Waals surface area contributed by atoms with Gasteiger partial charge in [0.25, 0.3) is 10.0 Å². The van der Waals surface area contributed by atoms with Crippen LogP contribution in [-0.4, -0.2) is 15.0 Å². The zero-order valence-corrected chi connectivity index (χ0v) is 12.1. The van der Waals surface area contributed by atoms with Crippen LogP contribution in [0.1, 0.15) is 10.4 Å². The number of thiophene rings is 1. The van der Waals surface area contributed by atoms with Crippen LogP contribution >= 0.6 is 11.3 Å². The van der Waals surface area contributed by atoms with E-state index in [1.54, 1.807) is 18.2 Å². The van der Waals surface area contributed by atoms with Crippen LogP contribution < -0.4 is 10.0 Å². The number of aryl methyl sites for hydroxylation is 1. The highest BCUT2D eigenvalue weighted by Gasteiger charge is 2.31. The number of nitrogens with zero attached hydrogens (tertiary/aromatic N) is 1. The molecule has 0 saturated carbocycles. The molecule has 0 unspecified atom stereocenters. The lowest BCUT2D eigenvalue weighted by molar-refractivity contribution is 0.594. The first kappa shape index (κ1) is 12.5. The third kappa shape index (κ3) is 2.01. The topological polar surface area (TPSA) is 63.4 Å². The van der Waals surface area contributed by atoms with E-state index in [0.29, 0.717) is 22.9 Å². The van der Waals surface area contributed by atoms with E-state index in [-0.39, 0.29) is 0 Å². The molecule has 0 aliphatic carbocycles. The van der Waals surface area contributed by atoms with Crippen LogP contribution in [0.2, 0.25) is 0 Å². The van der Waals surface area contributed by atoms with Gasteiger partial charge >= 0.3 is 0 Å². The van der Waals surface area contributed by atoms with Gasteiger partial charge in [0.15, 0.2) is 0 Å². The second kappa shape index (κ2) is 4.25. The molecule has 1 aromatic carbocycles. The summed E-state index contributed by atoms with van der Waals surface area (Å²) in [5.74, 6) is 0. The summed E-state index contributed by atoms with van der Waals surface area (Å²) < 4.78 is 27.1. The molecule has 0 fully saturated rings. The van der Waals surface area contributed by atoms with Crippen LogP contribution in [0.15, 0.2) is 34.5 Å². The molecular weight excluding hydrogens is 280 g/mol. The summed E-state index contributed by atoms with van der Waals surface area (Å²) in [5.41, 5.74) is 8.15. The van der Waals surface area contributed by atoms with E-state index in [9.17, 15) is 8.42 Å². The predicted molar refractivity (Wildman–Crippen MR) is 78.1 cm³/mol. The van der Waals surface area contributed by atoms with Gasteiger partial charge in [0.05, 0.1) is 5.69 Å². The average Bonchev–Trinajstić information content (AvgIpc) is 2.95. The molecule has 4 nitrogen and oxygen atoms in total. The summed E-state index contributed by atoms with van der Waals surface area (Å²) in [6, 6.07) is 8.88. The molecular formula is C13H14N2O2S2. The molecule has 0 saturated heterocycles. The Hall–Kier alpha value is -1.53. The lowest BCUT2D eigenvalue weighted by Gasteiger charge is -2.18. The highest BCUT2D eigenvalue weighted by atomic mass is 32.2. The van der Waals surface area contributed by atoms with Gasteiger partial charge in [-0.3, -0.25) is 4.31 Å². The van der Waals surface area contributed by atoms with E-state index in [1.165, 1.54) is 15.6 Å². The number of sulfonamides is 1. The zero-order valence-electron chi connectivity index (χ0n) is 10.5. The smallest absolute Gasteiger partial charge is 0.273 e. The summed E-state index contributed by atoms with van der Waals surface area (Å²) in [6.07, 6.45) is 0.712. The first-order chi connectivity index (χ1) is 8.98. The number of anilines is 2. The minimum absolute atomic E-state index is 0.398. The maximum atomic E-state index is 12.6. The van der Waals surface area contributed by atoms with Crippen molar-refractivity contribution in [3.63, 3.8) is 0 Å². The summed E-state index contributed by atoms with van der Waals surface area (Å²) in [4.78, 5) is 0.996. The van der Waals surface area contributed by atoms with E-state index < -0.39 is 10.0 Å². The van der Waals surface area contributed by atoms with E-state index in [4.69, 9.17) is 5.73 Å². The highest BCUT2D eigenvalue weighted by molar-refractivity contribution is 7.94. The van der Waals surface area contributed by atoms with Gasteiger partial charge in [-0.25, -0.2) is 8.42 Å². The number of nitrogens with two attached hydrogens (primary N) is 1. The number of nitrogen functional groups attached to an aromatic ring is 1. The second-order valence-electron chi connectivity index (χ2n) is 4.58. The highest BCUT2D eigenvalue weighted by Crippen LogP contribution is 2.35. The molecule has 0 amide bonds. The molecule has 1 aromatic heterocycles. The Morgan fingerprint density at radius 1 is 1.26 bits per heavy atom. The van der Waals surface area contributed by atoms with E-state index in [0.717, 1.165) is 16.1 Å². The van der Waals surface area contributed by atoms with Crippen LogP contribution in [0.4, 0.5) is 11.4 Å². The molecule has 1 aliphatic rings. The molecule has 0 atom stereocenters. The van der Waals surface area contributed by atoms with E-state index in [1.807, 2.05) is 19.1 Å². The van der Waals surface area contributed by atoms with Crippen molar-refractivity contribution in [3.8, 4) is 0 Å². The molecule has 100 valence electrons. The maximum Gasteiger partial charge on any atom is 0.273 e. The Kier molecular flexibility index (Phi) is 2.79. The summed E-state index contributed by atoms with van der Waals surface area (Å²) in [5, 5.41) is 0. The van der Waals surface area contributed by atoms with Crippen molar-refractivity contribution in [2.45, 2.75) is 17.6 Å². The van der Waals surface area contributed by atoms with Crippen LogP contribution in [0.3, 0.4) is 0 Å². The average molecular weight is 294 g/mol. The lowest BCUT2D eigenvalue weighted by atomic mass is 10.1. The van der Waals surface area contributed by atoms with Crippen molar-refractivity contribution in [1.29, 1.82) is 0 Å². The molecule has 0 spiro atoms. The number of fused-ring (bicyclic) bond motifs is 1. The molecule has 2 N–H and O–H groups in total. The standard InChI is InChI=1S/C13H14N2O2S2/c1-9-2-5-13(18-9)19(16,17)15-7-6-10-8-11(14)3-4-12(10)15/h2-5,8H,6-7,14H2,1H3. The van der Waals surface area contributed by atoms with E-state index in [2.05, 4.69) is 0 Å². The SMILES string of the molecule is Cc1ccc(S(=O)(=O)N2CCc3cc(N)ccc32)s1. The Balaban J connectivity index is 2.06. The van der Waals surface area contributed by atoms with Gasteiger partial charge in [-0.2, -0.15) is 0 Å². The van der Waals surface area contributed by atoms with Crippen molar-refractivity contribution in [2.24, 2.45) is 0 Å². The Morgan fingerprint density at radius 3 is 2.74 bits per heavy atom. The van der Waals surface area contributed by atoms with Crippen LogP contribution in [0.5, 0.6) is 0 Å². The molecule has 1 aliphatic heterocycles. The second-order valence-corrected chi connectivity index (χ2v) is 7.96. The summed E-state index contributed by atoms with van der Waals surface area (Å²) in [6.45, 7) is 2.39. The van der Waals surface area contributed by atoms with Gasteiger partial charge in [0.2, 0.25) is 0 Å². The van der Waals surface area contributed by atoms with Gasteiger partial charge in [0.1, 0.15) is 4.21 Å². The third-order valence-electron chi connectivity index (χ3n) is 3.22. The van der Waals surface area contributed by atoms with Crippen molar-refractivity contribution in [3.05, 3.63) is 40.8 Å². The molecule has 2 heterocycles. The van der Waals surface area contributed by atoms with Crippen molar-refractivity contribution >= 4 is 32.7 Å². The summed E-state index contributed by atoms with van der Waals surface area (Å²) in [7, 11) is -3.43. The quantitative estimate of drug-likeness (QED) is 0.865. The number of hydrogen-bond donors (Lipinski definition) is 1. The number of benzene rings is 1. The van der Waals surface area contributed by atoms with Crippen LogP contribution in [-0.2, 0) is 16.4 Å². The third-order valence-corrected chi connectivity index (χ3v) is 6.50. The van der Waals surface area contributed by atoms with E-state index >= 15 is 0 Å². The largest absolute Gasteiger partial charge is 0.399 e. The lowest BCUT2D eigenvalue weighted by Crippen LogP contribution is -2.28. The first-order valence-electron chi connectivity index (χ1n) is 5.96. The van der Waals surface area contributed by atoms with Gasteiger partial charge in [-0.15, -0.1) is 11.3 Å². The Labute approximate surface area is 116 Å². The van der Waals surface area contributed by atoms with Crippen molar-refractivity contribution in [2.75, 3.05) is 16.6 Å². The normalized spacial score (nSPS) is 14.7. The first-order valence-corrected chi connectivity index (χ1v) is 8.22. The van der Waals surface area contributed by atoms with Crippen LogP contribution in [0, 0.1) is 6.92 Å². The summed E-state index contributed by atoms with van der Waals surface area (Å²) >= 11 is 1.31. The fourth-order valence-corrected chi connectivity index (χ4v) is 5.20. The molecule has 0 bridgehead atoms. The monoisotopic (exact) mass is 294 g/mol. The molecule has 6 heteroatoms. The minimum Gasteiger partial charge on any atom is -0.399 e. The Morgan fingerprint density at radius 2 is 2.05 bits per heavy atom. The molecule has 19 heavy (non-hydrogen) atoms. The fraction of sp³-hybridized carbons (Fsp3) is 0.231. The molecule has 3 rings (SSSR count). The van der Waals surface area contributed by atoms with Gasteiger partial charge in [-0.05, 0) is 49.2 Å². The van der Waals surface area contributed by atoms with Crippen LogP contribution in [0.25, 0.3) is 0 Å². The molecule has 2 aromatic rings.